The number of aliphatic hydroxyl groups is 2. The van der Waals surface area contributed by atoms with E-state index in [1.165, 1.54) is 12.1 Å². The fraction of sp³-hybridized carbons (Fsp3) is 0.273. The van der Waals surface area contributed by atoms with Crippen molar-refractivity contribution in [2.75, 3.05) is 5.32 Å². The lowest BCUT2D eigenvalue weighted by atomic mass is 9.94. The molecule has 0 aliphatic rings. The molecule has 0 fully saturated rings. The molecule has 0 unspecified atom stereocenters. The number of halogens is 2. The summed E-state index contributed by atoms with van der Waals surface area (Å²) < 4.78 is 16.0. The molecule has 0 saturated heterocycles. The van der Waals surface area contributed by atoms with Crippen molar-refractivity contribution in [1.29, 1.82) is 0 Å². The summed E-state index contributed by atoms with van der Waals surface area (Å²) in [6.07, 6.45) is -2.51. The number of carboxylic acid groups (broad SMARTS) is 1. The maximum atomic E-state index is 14.0. The Hall–Kier alpha value is -3.54. The van der Waals surface area contributed by atoms with Gasteiger partial charge in [0.15, 0.2) is 0 Å². The van der Waals surface area contributed by atoms with E-state index in [9.17, 15) is 24.2 Å². The van der Waals surface area contributed by atoms with Crippen LogP contribution in [0.15, 0.2) is 84.9 Å². The van der Waals surface area contributed by atoms with Gasteiger partial charge in [-0.15, -0.1) is 24.0 Å². The van der Waals surface area contributed by atoms with Crippen LogP contribution < -0.4 is 5.32 Å². The second-order valence-corrected chi connectivity index (χ2v) is 10.4. The highest BCUT2D eigenvalue weighted by Crippen LogP contribution is 2.42. The monoisotopic (exact) mass is 686 g/mol. The molecule has 1 aromatic heterocycles. The fourth-order valence-electron chi connectivity index (χ4n) is 5.20. The van der Waals surface area contributed by atoms with Crippen molar-refractivity contribution in [3.05, 3.63) is 102 Å². The predicted molar refractivity (Wildman–Crippen MR) is 173 cm³/mol. The lowest BCUT2D eigenvalue weighted by molar-refractivity contribution is -0.139. The number of rotatable bonds is 12. The van der Waals surface area contributed by atoms with Crippen molar-refractivity contribution < 1.29 is 29.3 Å². The molecule has 1 heterocycles. The highest BCUT2D eigenvalue weighted by molar-refractivity contribution is 14.0. The average molecular weight is 687 g/mol. The first-order valence-electron chi connectivity index (χ1n) is 13.7. The molecule has 4 aromatic rings. The molecular formula is C33H36FIN2O5. The Labute approximate surface area is 262 Å². The van der Waals surface area contributed by atoms with Crippen molar-refractivity contribution in [2.45, 2.75) is 57.8 Å². The van der Waals surface area contributed by atoms with Gasteiger partial charge < -0.3 is 25.2 Å². The molecule has 7 nitrogen and oxygen atoms in total. The zero-order valence-corrected chi connectivity index (χ0v) is 25.9. The Morgan fingerprint density at radius 1 is 0.857 bits per heavy atom. The molecule has 0 bridgehead atoms. The van der Waals surface area contributed by atoms with E-state index in [2.05, 4.69) is 5.32 Å². The SMILES string of the molecule is CC(C)c1c(C(=O)Nc2ccccc2)c(-c2ccccc2)c(-c2ccc(F)cc2)n1CC[C@@H](O)C[C@@H](O)CC(=O)O.I. The highest BCUT2D eigenvalue weighted by Gasteiger charge is 2.31. The average Bonchev–Trinajstić information content (AvgIpc) is 3.28. The number of benzene rings is 3. The molecule has 0 radical (unpaired) electrons. The zero-order chi connectivity index (χ0) is 29.5. The molecule has 1 amide bonds. The van der Waals surface area contributed by atoms with Gasteiger partial charge in [-0.1, -0.05) is 62.4 Å². The minimum atomic E-state index is -1.18. The summed E-state index contributed by atoms with van der Waals surface area (Å²) in [5.41, 5.74) is 4.77. The number of aromatic nitrogens is 1. The van der Waals surface area contributed by atoms with Crippen molar-refractivity contribution in [3.8, 4) is 22.4 Å². The van der Waals surface area contributed by atoms with Crippen LogP contribution in [-0.4, -0.2) is 44.0 Å². The van der Waals surface area contributed by atoms with E-state index in [4.69, 9.17) is 5.11 Å². The lowest BCUT2D eigenvalue weighted by Gasteiger charge is -2.20. The number of carbonyl (C=O) groups is 2. The molecule has 42 heavy (non-hydrogen) atoms. The lowest BCUT2D eigenvalue weighted by Crippen LogP contribution is -2.22. The minimum Gasteiger partial charge on any atom is -0.481 e. The smallest absolute Gasteiger partial charge is 0.305 e. The normalized spacial score (nSPS) is 12.4. The number of hydrogen-bond donors (Lipinski definition) is 4. The van der Waals surface area contributed by atoms with Crippen molar-refractivity contribution >= 4 is 41.5 Å². The van der Waals surface area contributed by atoms with Gasteiger partial charge >= 0.3 is 5.97 Å². The maximum absolute atomic E-state index is 14.0. The number of nitrogens with zero attached hydrogens (tertiary/aromatic N) is 1. The van der Waals surface area contributed by atoms with E-state index in [1.807, 2.05) is 79.1 Å². The molecular weight excluding hydrogens is 650 g/mol. The molecule has 4 rings (SSSR count). The van der Waals surface area contributed by atoms with Crippen LogP contribution in [0.25, 0.3) is 22.4 Å². The first kappa shape index (κ1) is 33.0. The molecule has 9 heteroatoms. The second-order valence-electron chi connectivity index (χ2n) is 10.4. The van der Waals surface area contributed by atoms with Crippen LogP contribution in [0.3, 0.4) is 0 Å². The first-order valence-corrected chi connectivity index (χ1v) is 13.7. The van der Waals surface area contributed by atoms with Crippen LogP contribution in [0.1, 0.15) is 55.1 Å². The molecule has 0 aliphatic carbocycles. The molecule has 0 saturated carbocycles. The Morgan fingerprint density at radius 2 is 1.45 bits per heavy atom. The van der Waals surface area contributed by atoms with Gasteiger partial charge in [0.2, 0.25) is 0 Å². The van der Waals surface area contributed by atoms with Gasteiger partial charge in [-0.2, -0.15) is 0 Å². The largest absolute Gasteiger partial charge is 0.481 e. The number of aliphatic carboxylic acids is 1. The molecule has 0 spiro atoms. The topological polar surface area (TPSA) is 112 Å². The maximum Gasteiger partial charge on any atom is 0.305 e. The number of para-hydroxylation sites is 1. The van der Waals surface area contributed by atoms with Gasteiger partial charge in [0.05, 0.1) is 29.9 Å². The third-order valence-corrected chi connectivity index (χ3v) is 6.93. The van der Waals surface area contributed by atoms with Crippen LogP contribution in [0.5, 0.6) is 0 Å². The quantitative estimate of drug-likeness (QED) is 0.121. The summed E-state index contributed by atoms with van der Waals surface area (Å²) in [5, 5.41) is 32.8. The van der Waals surface area contributed by atoms with E-state index in [1.54, 1.807) is 12.1 Å². The summed E-state index contributed by atoms with van der Waals surface area (Å²) in [4.78, 5) is 25.0. The van der Waals surface area contributed by atoms with Gasteiger partial charge in [0.1, 0.15) is 5.82 Å². The number of aliphatic hydroxyl groups excluding tert-OH is 2. The Bertz CT molecular complexity index is 1470. The number of carboxylic acids is 1. The Balaban J connectivity index is 0.00000484. The van der Waals surface area contributed by atoms with Crippen LogP contribution in [0, 0.1) is 5.82 Å². The number of hydrogen-bond acceptors (Lipinski definition) is 4. The predicted octanol–water partition coefficient (Wildman–Crippen LogP) is 6.93. The van der Waals surface area contributed by atoms with Crippen molar-refractivity contribution in [1.82, 2.24) is 4.57 Å². The van der Waals surface area contributed by atoms with Crippen LogP contribution in [0.2, 0.25) is 0 Å². The summed E-state index contributed by atoms with van der Waals surface area (Å²) in [5.74, 6) is -1.93. The van der Waals surface area contributed by atoms with E-state index >= 15 is 0 Å². The van der Waals surface area contributed by atoms with Crippen LogP contribution in [0.4, 0.5) is 10.1 Å². The van der Waals surface area contributed by atoms with Crippen LogP contribution in [-0.2, 0) is 11.3 Å². The summed E-state index contributed by atoms with van der Waals surface area (Å²) in [6, 6.07) is 24.8. The van der Waals surface area contributed by atoms with Gasteiger partial charge in [-0.25, -0.2) is 4.39 Å². The number of anilines is 1. The van der Waals surface area contributed by atoms with Crippen molar-refractivity contribution in [3.63, 3.8) is 0 Å². The highest BCUT2D eigenvalue weighted by atomic mass is 127. The molecule has 2 atom stereocenters. The molecule has 222 valence electrons. The summed E-state index contributed by atoms with van der Waals surface area (Å²) >= 11 is 0. The zero-order valence-electron chi connectivity index (χ0n) is 23.5. The first-order chi connectivity index (χ1) is 19.7. The number of carbonyl (C=O) groups excluding carboxylic acids is 1. The third kappa shape index (κ3) is 8.05. The van der Waals surface area contributed by atoms with Gasteiger partial charge in [0.25, 0.3) is 5.91 Å². The summed E-state index contributed by atoms with van der Waals surface area (Å²) in [6.45, 7) is 4.25. The van der Waals surface area contributed by atoms with Gasteiger partial charge in [-0.3, -0.25) is 9.59 Å². The van der Waals surface area contributed by atoms with Gasteiger partial charge in [0, 0.05) is 23.5 Å². The second kappa shape index (κ2) is 15.1. The third-order valence-electron chi connectivity index (χ3n) is 6.93. The standard InChI is InChI=1S/C33H35FN2O5.HI/c1-21(2)31-30(33(41)35-25-11-7-4-8-12-25)29(22-9-5-3-6-10-22)32(23-13-15-24(34)16-14-23)36(31)18-17-26(37)19-27(38)20-28(39)40;/h3-16,21,26-27,37-38H,17-20H2,1-2H3,(H,35,41)(H,39,40);1H/t26-,27-;/m1./s1. The number of amides is 1. The Morgan fingerprint density at radius 3 is 2.02 bits per heavy atom. The minimum absolute atomic E-state index is 0. The van der Waals surface area contributed by atoms with Crippen molar-refractivity contribution in [2.24, 2.45) is 0 Å². The van der Waals surface area contributed by atoms with E-state index < -0.39 is 24.6 Å². The molecule has 4 N–H and O–H groups in total. The fourth-order valence-corrected chi connectivity index (χ4v) is 5.20. The van der Waals surface area contributed by atoms with E-state index in [0.717, 1.165) is 11.3 Å². The van der Waals surface area contributed by atoms with E-state index in [-0.39, 0.29) is 61.0 Å². The van der Waals surface area contributed by atoms with Crippen LogP contribution >= 0.6 is 24.0 Å². The van der Waals surface area contributed by atoms with E-state index in [0.29, 0.717) is 28.1 Å². The summed E-state index contributed by atoms with van der Waals surface area (Å²) in [7, 11) is 0. The molecule has 0 aliphatic heterocycles. The molecule has 3 aromatic carbocycles. The van der Waals surface area contributed by atoms with Gasteiger partial charge in [-0.05, 0) is 66.3 Å². The Kier molecular flexibility index (Phi) is 11.8. The number of nitrogens with one attached hydrogen (secondary N) is 1.